The van der Waals surface area contributed by atoms with Crippen molar-refractivity contribution in [1.82, 2.24) is 25.1 Å². The van der Waals surface area contributed by atoms with Crippen LogP contribution in [0.15, 0.2) is 12.4 Å². The molecule has 0 aliphatic carbocycles. The van der Waals surface area contributed by atoms with Crippen LogP contribution >= 0.6 is 0 Å². The predicted molar refractivity (Wildman–Crippen MR) is 58.8 cm³/mol. The van der Waals surface area contributed by atoms with Gasteiger partial charge in [-0.1, -0.05) is 0 Å². The van der Waals surface area contributed by atoms with Crippen molar-refractivity contribution in [3.63, 3.8) is 0 Å². The Balaban J connectivity index is 2.52. The highest BCUT2D eigenvalue weighted by molar-refractivity contribution is 5.95. The second-order valence-corrected chi connectivity index (χ2v) is 3.76. The molecule has 0 aliphatic heterocycles. The minimum absolute atomic E-state index is 0.0207. The average Bonchev–Trinajstić information content (AvgIpc) is 2.92. The van der Waals surface area contributed by atoms with Gasteiger partial charge in [-0.15, -0.1) is 0 Å². The van der Waals surface area contributed by atoms with Crippen LogP contribution in [0.3, 0.4) is 0 Å². The Kier molecular flexibility index (Phi) is 3.05. The fourth-order valence-corrected chi connectivity index (χ4v) is 1.57. The van der Waals surface area contributed by atoms with Crippen LogP contribution in [0, 0.1) is 6.92 Å². The first-order valence-electron chi connectivity index (χ1n) is 5.24. The molecule has 0 saturated carbocycles. The number of aromatic amines is 1. The molecule has 0 atom stereocenters. The van der Waals surface area contributed by atoms with E-state index in [4.69, 9.17) is 0 Å². The van der Waals surface area contributed by atoms with Crippen molar-refractivity contribution < 1.29 is 18.0 Å². The van der Waals surface area contributed by atoms with Gasteiger partial charge in [0, 0.05) is 12.7 Å². The van der Waals surface area contributed by atoms with Crippen molar-refractivity contribution >= 4 is 5.91 Å². The Morgan fingerprint density at radius 2 is 2.16 bits per heavy atom. The first-order chi connectivity index (χ1) is 8.84. The summed E-state index contributed by atoms with van der Waals surface area (Å²) < 4.78 is 38.7. The smallest absolute Gasteiger partial charge is 0.354 e. The van der Waals surface area contributed by atoms with Crippen LogP contribution < -0.4 is 5.32 Å². The second-order valence-electron chi connectivity index (χ2n) is 3.76. The lowest BCUT2D eigenvalue weighted by molar-refractivity contribution is -0.141. The van der Waals surface area contributed by atoms with Crippen LogP contribution in [-0.2, 0) is 6.18 Å². The third-order valence-electron chi connectivity index (χ3n) is 2.45. The van der Waals surface area contributed by atoms with Crippen LogP contribution in [0.5, 0.6) is 0 Å². The lowest BCUT2D eigenvalue weighted by Crippen LogP contribution is -2.21. The van der Waals surface area contributed by atoms with Crippen molar-refractivity contribution in [1.29, 1.82) is 0 Å². The van der Waals surface area contributed by atoms with Crippen LogP contribution in [-0.4, -0.2) is 32.7 Å². The summed E-state index contributed by atoms with van der Waals surface area (Å²) in [6.07, 6.45) is -3.33. The molecule has 0 radical (unpaired) electrons. The fraction of sp³-hybridized carbons (Fsp3) is 0.300. The van der Waals surface area contributed by atoms with Gasteiger partial charge in [-0.25, -0.2) is 9.67 Å². The molecule has 102 valence electrons. The van der Waals surface area contributed by atoms with E-state index in [1.165, 1.54) is 20.3 Å². The molecule has 0 bridgehead atoms. The largest absolute Gasteiger partial charge is 0.435 e. The number of aromatic nitrogens is 4. The highest BCUT2D eigenvalue weighted by Gasteiger charge is 2.35. The minimum Gasteiger partial charge on any atom is -0.354 e. The molecule has 1 amide bonds. The molecule has 0 aliphatic rings. The molecule has 2 rings (SSSR count). The van der Waals surface area contributed by atoms with Crippen molar-refractivity contribution in [2.24, 2.45) is 0 Å². The molecule has 0 spiro atoms. The summed E-state index contributed by atoms with van der Waals surface area (Å²) in [4.78, 5) is 17.9. The number of nitrogens with zero attached hydrogens (tertiary/aromatic N) is 3. The van der Waals surface area contributed by atoms with Gasteiger partial charge in [-0.2, -0.15) is 18.3 Å². The van der Waals surface area contributed by atoms with E-state index in [1.807, 2.05) is 0 Å². The number of halogens is 3. The van der Waals surface area contributed by atoms with E-state index in [0.29, 0.717) is 0 Å². The maximum atomic E-state index is 12.6. The lowest BCUT2D eigenvalue weighted by Gasteiger charge is -2.04. The molecule has 6 nitrogen and oxygen atoms in total. The van der Waals surface area contributed by atoms with E-state index < -0.39 is 17.8 Å². The number of alkyl halides is 3. The molecule has 19 heavy (non-hydrogen) atoms. The van der Waals surface area contributed by atoms with Gasteiger partial charge >= 0.3 is 6.18 Å². The molecule has 2 N–H and O–H groups in total. The summed E-state index contributed by atoms with van der Waals surface area (Å²) >= 11 is 0. The van der Waals surface area contributed by atoms with Crippen molar-refractivity contribution in [3.8, 4) is 5.82 Å². The van der Waals surface area contributed by atoms with Gasteiger partial charge in [-0.3, -0.25) is 4.79 Å². The zero-order chi connectivity index (χ0) is 14.2. The van der Waals surface area contributed by atoms with Gasteiger partial charge in [-0.05, 0) is 13.0 Å². The van der Waals surface area contributed by atoms with Crippen LogP contribution in [0.1, 0.15) is 21.9 Å². The third-order valence-corrected chi connectivity index (χ3v) is 2.45. The van der Waals surface area contributed by atoms with Gasteiger partial charge < -0.3 is 10.3 Å². The molecular formula is C10H10F3N5O. The Morgan fingerprint density at radius 1 is 1.47 bits per heavy atom. The third kappa shape index (κ3) is 2.30. The Bertz CT molecular complexity index is 613. The normalized spacial score (nSPS) is 11.6. The van der Waals surface area contributed by atoms with Crippen LogP contribution in [0.25, 0.3) is 5.82 Å². The molecule has 2 aromatic heterocycles. The summed E-state index contributed by atoms with van der Waals surface area (Å²) in [6.45, 7) is 1.45. The molecule has 2 heterocycles. The average molecular weight is 273 g/mol. The summed E-state index contributed by atoms with van der Waals surface area (Å²) in [5.41, 5.74) is -0.761. The van der Waals surface area contributed by atoms with E-state index in [2.05, 4.69) is 20.4 Å². The number of carbonyl (C=O) groups is 1. The first kappa shape index (κ1) is 13.1. The SMILES string of the molecule is CNC(=O)c1[nH]cnc1-n1nc(C(F)(F)F)cc1C. The molecule has 9 heteroatoms. The van der Waals surface area contributed by atoms with Crippen molar-refractivity contribution in [2.75, 3.05) is 7.05 Å². The summed E-state index contributed by atoms with van der Waals surface area (Å²) in [7, 11) is 1.41. The number of aryl methyl sites for hydroxylation is 1. The molecule has 0 saturated heterocycles. The number of hydrogen-bond acceptors (Lipinski definition) is 3. The predicted octanol–water partition coefficient (Wildman–Crippen LogP) is 1.28. The number of rotatable bonds is 2. The highest BCUT2D eigenvalue weighted by atomic mass is 19.4. The summed E-state index contributed by atoms with van der Waals surface area (Å²) in [5, 5.41) is 5.79. The Labute approximate surface area is 105 Å². The number of carbonyl (C=O) groups excluding carboxylic acids is 1. The van der Waals surface area contributed by atoms with Crippen molar-refractivity contribution in [2.45, 2.75) is 13.1 Å². The Hall–Kier alpha value is -2.32. The van der Waals surface area contributed by atoms with Gasteiger partial charge in [0.05, 0.1) is 6.33 Å². The molecule has 0 aromatic carbocycles. The zero-order valence-corrected chi connectivity index (χ0v) is 10.0. The fourth-order valence-electron chi connectivity index (χ4n) is 1.57. The van der Waals surface area contributed by atoms with Crippen molar-refractivity contribution in [3.05, 3.63) is 29.5 Å². The quantitative estimate of drug-likeness (QED) is 0.865. The van der Waals surface area contributed by atoms with Gasteiger partial charge in [0.2, 0.25) is 0 Å². The standard InChI is InChI=1S/C10H10F3N5O/c1-5-3-6(10(11,12)13)17-18(5)8-7(9(19)14-2)15-4-16-8/h3-4H,1-2H3,(H,14,19)(H,15,16). The number of H-pyrrole nitrogens is 1. The maximum absolute atomic E-state index is 12.6. The van der Waals surface area contributed by atoms with E-state index in [9.17, 15) is 18.0 Å². The number of imidazole rings is 1. The lowest BCUT2D eigenvalue weighted by atomic mass is 10.3. The van der Waals surface area contributed by atoms with E-state index >= 15 is 0 Å². The van der Waals surface area contributed by atoms with E-state index in [1.54, 1.807) is 0 Å². The molecule has 0 fully saturated rings. The van der Waals surface area contributed by atoms with Crippen LogP contribution in [0.4, 0.5) is 13.2 Å². The number of hydrogen-bond donors (Lipinski definition) is 2. The van der Waals surface area contributed by atoms with E-state index in [0.717, 1.165) is 10.7 Å². The van der Waals surface area contributed by atoms with Crippen LogP contribution in [0.2, 0.25) is 0 Å². The monoisotopic (exact) mass is 273 g/mol. The zero-order valence-electron chi connectivity index (χ0n) is 10.0. The topological polar surface area (TPSA) is 75.6 Å². The summed E-state index contributed by atoms with van der Waals surface area (Å²) in [5.74, 6) is -0.469. The molecule has 2 aromatic rings. The minimum atomic E-state index is -4.54. The molecule has 0 unspecified atom stereocenters. The Morgan fingerprint density at radius 3 is 2.68 bits per heavy atom. The van der Waals surface area contributed by atoms with E-state index in [-0.39, 0.29) is 17.2 Å². The number of amides is 1. The maximum Gasteiger partial charge on any atom is 0.435 e. The summed E-state index contributed by atoms with van der Waals surface area (Å²) in [6, 6.07) is 0.891. The molecular weight excluding hydrogens is 263 g/mol. The highest BCUT2D eigenvalue weighted by Crippen LogP contribution is 2.29. The second kappa shape index (κ2) is 4.41. The van der Waals surface area contributed by atoms with Gasteiger partial charge in [0.1, 0.15) is 0 Å². The van der Waals surface area contributed by atoms with Gasteiger partial charge in [0.15, 0.2) is 17.2 Å². The van der Waals surface area contributed by atoms with Gasteiger partial charge in [0.25, 0.3) is 5.91 Å². The number of nitrogens with one attached hydrogen (secondary N) is 2. The first-order valence-corrected chi connectivity index (χ1v) is 5.24.